The molecule has 0 aromatic carbocycles. The van der Waals surface area contributed by atoms with Crippen LogP contribution in [0.4, 0.5) is 0 Å². The van der Waals surface area contributed by atoms with Crippen LogP contribution in [0.15, 0.2) is 6.20 Å². The summed E-state index contributed by atoms with van der Waals surface area (Å²) in [5, 5.41) is 7.95. The molecule has 1 saturated carbocycles. The summed E-state index contributed by atoms with van der Waals surface area (Å²) in [7, 11) is 0. The molecule has 0 bridgehead atoms. The Kier molecular flexibility index (Phi) is 1.42. The number of nitrogens with zero attached hydrogens (tertiary/aromatic N) is 3. The van der Waals surface area contributed by atoms with Gasteiger partial charge in [-0.15, -0.1) is 5.10 Å². The quantitative estimate of drug-likeness (QED) is 0.676. The molecule has 11 heavy (non-hydrogen) atoms. The molecule has 4 nitrogen and oxygen atoms in total. The predicted octanol–water partition coefficient (Wildman–Crippen LogP) is 0.633. The molecule has 0 saturated heterocycles. The molecule has 1 atom stereocenters. The Morgan fingerprint density at radius 3 is 2.91 bits per heavy atom. The van der Waals surface area contributed by atoms with Crippen molar-refractivity contribution in [2.24, 2.45) is 5.73 Å². The van der Waals surface area contributed by atoms with Gasteiger partial charge in [0.25, 0.3) is 0 Å². The summed E-state index contributed by atoms with van der Waals surface area (Å²) >= 11 is 0. The highest BCUT2D eigenvalue weighted by atomic mass is 15.4. The number of aromatic nitrogens is 3. The standard InChI is InChI=1S/C7H12N4/c1-5(8)7-4-11(10-9-7)6-2-3-6/h4-6H,2-3,8H2,1H3. The summed E-state index contributed by atoms with van der Waals surface area (Å²) < 4.78 is 1.92. The lowest BCUT2D eigenvalue weighted by molar-refractivity contribution is 0.610. The number of rotatable bonds is 2. The summed E-state index contributed by atoms with van der Waals surface area (Å²) in [5.74, 6) is 0. The van der Waals surface area contributed by atoms with Gasteiger partial charge in [-0.1, -0.05) is 5.21 Å². The summed E-state index contributed by atoms with van der Waals surface area (Å²) in [6.45, 7) is 1.92. The second-order valence-corrected chi connectivity index (χ2v) is 3.14. The van der Waals surface area contributed by atoms with Crippen molar-refractivity contribution < 1.29 is 0 Å². The van der Waals surface area contributed by atoms with Gasteiger partial charge in [-0.05, 0) is 19.8 Å². The first-order valence-electron chi connectivity index (χ1n) is 3.94. The second kappa shape index (κ2) is 2.30. The minimum absolute atomic E-state index is 0.00231. The Morgan fingerprint density at radius 1 is 1.73 bits per heavy atom. The lowest BCUT2D eigenvalue weighted by Gasteiger charge is -1.95. The molecule has 2 N–H and O–H groups in total. The van der Waals surface area contributed by atoms with Gasteiger partial charge in [-0.2, -0.15) is 0 Å². The topological polar surface area (TPSA) is 56.7 Å². The van der Waals surface area contributed by atoms with Crippen LogP contribution in [-0.2, 0) is 0 Å². The average Bonchev–Trinajstić information content (AvgIpc) is 2.68. The van der Waals surface area contributed by atoms with Crippen LogP contribution in [0.2, 0.25) is 0 Å². The van der Waals surface area contributed by atoms with E-state index in [0.29, 0.717) is 6.04 Å². The van der Waals surface area contributed by atoms with Crippen LogP contribution in [0.3, 0.4) is 0 Å². The molecule has 60 valence electrons. The zero-order valence-electron chi connectivity index (χ0n) is 6.57. The molecule has 1 aromatic rings. The molecular weight excluding hydrogens is 140 g/mol. The van der Waals surface area contributed by atoms with Gasteiger partial charge in [0.1, 0.15) is 0 Å². The maximum Gasteiger partial charge on any atom is 0.0991 e. The Morgan fingerprint density at radius 2 is 2.45 bits per heavy atom. The van der Waals surface area contributed by atoms with Gasteiger partial charge < -0.3 is 5.73 Å². The van der Waals surface area contributed by atoms with E-state index in [1.165, 1.54) is 12.8 Å². The minimum atomic E-state index is 0.00231. The molecule has 0 radical (unpaired) electrons. The largest absolute Gasteiger partial charge is 0.323 e. The third-order valence-electron chi connectivity index (χ3n) is 1.92. The van der Waals surface area contributed by atoms with E-state index in [1.807, 2.05) is 17.8 Å². The third kappa shape index (κ3) is 1.26. The molecule has 0 aliphatic heterocycles. The molecule has 2 rings (SSSR count). The highest BCUT2D eigenvalue weighted by Gasteiger charge is 2.25. The molecule has 1 unspecified atom stereocenters. The first-order valence-corrected chi connectivity index (χ1v) is 3.94. The Bertz CT molecular complexity index is 232. The van der Waals surface area contributed by atoms with Gasteiger partial charge in [0, 0.05) is 6.04 Å². The summed E-state index contributed by atoms with van der Waals surface area (Å²) in [6, 6.07) is 0.609. The van der Waals surface area contributed by atoms with Crippen molar-refractivity contribution in [3.63, 3.8) is 0 Å². The SMILES string of the molecule is CC(N)c1cn(C2CC2)nn1. The van der Waals surface area contributed by atoms with Crippen LogP contribution in [-0.4, -0.2) is 15.0 Å². The predicted molar refractivity (Wildman–Crippen MR) is 40.9 cm³/mol. The highest BCUT2D eigenvalue weighted by molar-refractivity contribution is 4.99. The van der Waals surface area contributed by atoms with E-state index in [2.05, 4.69) is 10.3 Å². The zero-order chi connectivity index (χ0) is 7.84. The van der Waals surface area contributed by atoms with E-state index in [9.17, 15) is 0 Å². The first kappa shape index (κ1) is 6.79. The van der Waals surface area contributed by atoms with Crippen molar-refractivity contribution in [2.45, 2.75) is 31.8 Å². The Hall–Kier alpha value is -0.900. The van der Waals surface area contributed by atoms with E-state index in [-0.39, 0.29) is 6.04 Å². The zero-order valence-corrected chi connectivity index (χ0v) is 6.57. The fourth-order valence-corrected chi connectivity index (χ4v) is 1.02. The van der Waals surface area contributed by atoms with Gasteiger partial charge in [0.15, 0.2) is 0 Å². The van der Waals surface area contributed by atoms with Gasteiger partial charge in [-0.25, -0.2) is 4.68 Å². The van der Waals surface area contributed by atoms with Crippen molar-refractivity contribution in [1.82, 2.24) is 15.0 Å². The van der Waals surface area contributed by atoms with E-state index in [4.69, 9.17) is 5.73 Å². The Balaban J connectivity index is 2.18. The molecule has 1 aromatic heterocycles. The van der Waals surface area contributed by atoms with Crippen LogP contribution >= 0.6 is 0 Å². The van der Waals surface area contributed by atoms with Crippen LogP contribution in [0, 0.1) is 0 Å². The van der Waals surface area contributed by atoms with Crippen molar-refractivity contribution in [3.05, 3.63) is 11.9 Å². The van der Waals surface area contributed by atoms with E-state index < -0.39 is 0 Å². The van der Waals surface area contributed by atoms with E-state index in [1.54, 1.807) is 0 Å². The van der Waals surface area contributed by atoms with Gasteiger partial charge >= 0.3 is 0 Å². The van der Waals surface area contributed by atoms with Crippen molar-refractivity contribution in [3.8, 4) is 0 Å². The average molecular weight is 152 g/mol. The maximum atomic E-state index is 5.63. The molecule has 1 fully saturated rings. The lowest BCUT2D eigenvalue weighted by Crippen LogP contribution is -2.04. The van der Waals surface area contributed by atoms with Gasteiger partial charge in [0.2, 0.25) is 0 Å². The highest BCUT2D eigenvalue weighted by Crippen LogP contribution is 2.33. The third-order valence-corrected chi connectivity index (χ3v) is 1.92. The summed E-state index contributed by atoms with van der Waals surface area (Å²) in [4.78, 5) is 0. The number of nitrogens with two attached hydrogens (primary N) is 1. The van der Waals surface area contributed by atoms with Gasteiger partial charge in [0.05, 0.1) is 17.9 Å². The van der Waals surface area contributed by atoms with E-state index >= 15 is 0 Å². The van der Waals surface area contributed by atoms with Crippen LogP contribution in [0.5, 0.6) is 0 Å². The van der Waals surface area contributed by atoms with Gasteiger partial charge in [-0.3, -0.25) is 0 Å². The maximum absolute atomic E-state index is 5.63. The molecule has 4 heteroatoms. The molecule has 1 aliphatic rings. The second-order valence-electron chi connectivity index (χ2n) is 3.14. The fraction of sp³-hybridized carbons (Fsp3) is 0.714. The molecule has 0 spiro atoms. The molecule has 0 amide bonds. The monoisotopic (exact) mass is 152 g/mol. The van der Waals surface area contributed by atoms with Crippen molar-refractivity contribution in [1.29, 1.82) is 0 Å². The minimum Gasteiger partial charge on any atom is -0.323 e. The van der Waals surface area contributed by atoms with E-state index in [0.717, 1.165) is 5.69 Å². The molecular formula is C7H12N4. The van der Waals surface area contributed by atoms with Crippen molar-refractivity contribution >= 4 is 0 Å². The molecule has 1 heterocycles. The Labute approximate surface area is 65.4 Å². The van der Waals surface area contributed by atoms with Crippen LogP contribution in [0.25, 0.3) is 0 Å². The van der Waals surface area contributed by atoms with Crippen LogP contribution < -0.4 is 5.73 Å². The normalized spacial score (nSPS) is 20.2. The number of hydrogen-bond donors (Lipinski definition) is 1. The smallest absolute Gasteiger partial charge is 0.0991 e. The fourth-order valence-electron chi connectivity index (χ4n) is 1.02. The first-order chi connectivity index (χ1) is 5.27. The molecule has 1 aliphatic carbocycles. The van der Waals surface area contributed by atoms with Crippen LogP contribution in [0.1, 0.15) is 37.5 Å². The number of hydrogen-bond acceptors (Lipinski definition) is 3. The summed E-state index contributed by atoms with van der Waals surface area (Å²) in [5.41, 5.74) is 6.52. The lowest BCUT2D eigenvalue weighted by atomic mass is 10.3. The summed E-state index contributed by atoms with van der Waals surface area (Å²) in [6.07, 6.45) is 4.42. The van der Waals surface area contributed by atoms with Crippen molar-refractivity contribution in [2.75, 3.05) is 0 Å².